The summed E-state index contributed by atoms with van der Waals surface area (Å²) in [5.41, 5.74) is 11.6. The summed E-state index contributed by atoms with van der Waals surface area (Å²) >= 11 is 0. The maximum Gasteiger partial charge on any atom is 0.0596 e. The molecule has 0 spiro atoms. The van der Waals surface area contributed by atoms with Crippen molar-refractivity contribution in [1.82, 2.24) is 9.78 Å². The molecule has 0 amide bonds. The molecular formula is C17H23N3. The fraction of sp³-hybridized carbons (Fsp3) is 0.471. The van der Waals surface area contributed by atoms with E-state index in [2.05, 4.69) is 54.0 Å². The summed E-state index contributed by atoms with van der Waals surface area (Å²) in [6.45, 7) is 5.84. The molecule has 3 nitrogen and oxygen atoms in total. The average Bonchev–Trinajstić information content (AvgIpc) is 3.01. The summed E-state index contributed by atoms with van der Waals surface area (Å²) in [7, 11) is 0. The molecule has 1 aliphatic carbocycles. The van der Waals surface area contributed by atoms with Crippen molar-refractivity contribution in [2.24, 2.45) is 5.73 Å². The van der Waals surface area contributed by atoms with Crippen molar-refractivity contribution in [3.63, 3.8) is 0 Å². The van der Waals surface area contributed by atoms with Crippen LogP contribution in [0.15, 0.2) is 30.3 Å². The largest absolute Gasteiger partial charge is 0.330 e. The van der Waals surface area contributed by atoms with Crippen LogP contribution >= 0.6 is 0 Å². The van der Waals surface area contributed by atoms with Crippen LogP contribution in [0.4, 0.5) is 0 Å². The first-order valence-corrected chi connectivity index (χ1v) is 7.50. The van der Waals surface area contributed by atoms with Crippen molar-refractivity contribution in [2.45, 2.75) is 45.1 Å². The van der Waals surface area contributed by atoms with Gasteiger partial charge in [-0.05, 0) is 43.9 Å². The zero-order valence-electron chi connectivity index (χ0n) is 12.4. The SMILES string of the molecule is CCn1nc(C)cc1CC1(CN)CCc2ccccc21. The van der Waals surface area contributed by atoms with Gasteiger partial charge >= 0.3 is 0 Å². The molecule has 1 aliphatic rings. The van der Waals surface area contributed by atoms with Gasteiger partial charge in [-0.25, -0.2) is 0 Å². The first kappa shape index (κ1) is 13.4. The van der Waals surface area contributed by atoms with Crippen LogP contribution in [0.5, 0.6) is 0 Å². The van der Waals surface area contributed by atoms with Gasteiger partial charge in [0.2, 0.25) is 0 Å². The molecule has 2 N–H and O–H groups in total. The second-order valence-electron chi connectivity index (χ2n) is 5.91. The number of hydrogen-bond donors (Lipinski definition) is 1. The van der Waals surface area contributed by atoms with Gasteiger partial charge in [-0.1, -0.05) is 24.3 Å². The minimum atomic E-state index is 0.0932. The fourth-order valence-electron chi connectivity index (χ4n) is 3.59. The third kappa shape index (κ3) is 2.06. The van der Waals surface area contributed by atoms with E-state index in [1.165, 1.54) is 16.8 Å². The Hall–Kier alpha value is -1.61. The molecule has 0 bridgehead atoms. The smallest absolute Gasteiger partial charge is 0.0596 e. The number of aromatic nitrogens is 2. The molecule has 1 heterocycles. The number of hydrogen-bond acceptors (Lipinski definition) is 2. The van der Waals surface area contributed by atoms with E-state index in [9.17, 15) is 0 Å². The van der Waals surface area contributed by atoms with Gasteiger partial charge in [0, 0.05) is 30.6 Å². The molecule has 106 valence electrons. The molecule has 0 saturated carbocycles. The molecule has 20 heavy (non-hydrogen) atoms. The molecule has 1 aromatic heterocycles. The van der Waals surface area contributed by atoms with Crippen LogP contribution in [-0.4, -0.2) is 16.3 Å². The average molecular weight is 269 g/mol. The third-order valence-corrected chi connectivity index (χ3v) is 4.66. The summed E-state index contributed by atoms with van der Waals surface area (Å²) in [6, 6.07) is 11.0. The zero-order valence-corrected chi connectivity index (χ0v) is 12.4. The molecule has 1 atom stereocenters. The molecule has 3 rings (SSSR count). The van der Waals surface area contributed by atoms with Crippen molar-refractivity contribution in [3.05, 3.63) is 52.8 Å². The van der Waals surface area contributed by atoms with Gasteiger partial charge < -0.3 is 5.73 Å². The lowest BCUT2D eigenvalue weighted by molar-refractivity contribution is 0.414. The lowest BCUT2D eigenvalue weighted by Crippen LogP contribution is -2.36. The molecule has 1 aromatic carbocycles. The number of rotatable bonds is 4. The number of benzene rings is 1. The number of nitrogens with zero attached hydrogens (tertiary/aromatic N) is 2. The van der Waals surface area contributed by atoms with E-state index >= 15 is 0 Å². The minimum Gasteiger partial charge on any atom is -0.330 e. The summed E-state index contributed by atoms with van der Waals surface area (Å²) in [6.07, 6.45) is 3.29. The quantitative estimate of drug-likeness (QED) is 0.927. The van der Waals surface area contributed by atoms with E-state index < -0.39 is 0 Å². The Morgan fingerprint density at radius 1 is 1.35 bits per heavy atom. The van der Waals surface area contributed by atoms with Crippen LogP contribution in [-0.2, 0) is 24.8 Å². The Morgan fingerprint density at radius 2 is 2.15 bits per heavy atom. The van der Waals surface area contributed by atoms with E-state index in [4.69, 9.17) is 5.73 Å². The molecule has 2 aromatic rings. The van der Waals surface area contributed by atoms with Gasteiger partial charge in [0.1, 0.15) is 0 Å². The molecular weight excluding hydrogens is 246 g/mol. The second kappa shape index (κ2) is 5.06. The Balaban J connectivity index is 1.99. The third-order valence-electron chi connectivity index (χ3n) is 4.66. The predicted octanol–water partition coefficient (Wildman–Crippen LogP) is 2.60. The van der Waals surface area contributed by atoms with E-state index in [0.717, 1.165) is 31.5 Å². The van der Waals surface area contributed by atoms with Gasteiger partial charge in [-0.15, -0.1) is 0 Å². The van der Waals surface area contributed by atoms with Crippen LogP contribution < -0.4 is 5.73 Å². The van der Waals surface area contributed by atoms with Gasteiger partial charge in [0.25, 0.3) is 0 Å². The van der Waals surface area contributed by atoms with Crippen molar-refractivity contribution >= 4 is 0 Å². The van der Waals surface area contributed by atoms with Gasteiger partial charge in [0.15, 0.2) is 0 Å². The summed E-state index contributed by atoms with van der Waals surface area (Å²) < 4.78 is 2.12. The lowest BCUT2D eigenvalue weighted by Gasteiger charge is -2.29. The predicted molar refractivity (Wildman–Crippen MR) is 81.8 cm³/mol. The highest BCUT2D eigenvalue weighted by atomic mass is 15.3. The van der Waals surface area contributed by atoms with Gasteiger partial charge in [-0.3, -0.25) is 4.68 Å². The van der Waals surface area contributed by atoms with Crippen LogP contribution in [0, 0.1) is 6.92 Å². The summed E-state index contributed by atoms with van der Waals surface area (Å²) in [5, 5.41) is 4.57. The summed E-state index contributed by atoms with van der Waals surface area (Å²) in [4.78, 5) is 0. The first-order chi connectivity index (χ1) is 9.68. The first-order valence-electron chi connectivity index (χ1n) is 7.50. The van der Waals surface area contributed by atoms with Crippen molar-refractivity contribution < 1.29 is 0 Å². The Labute approximate surface area is 120 Å². The topological polar surface area (TPSA) is 43.8 Å². The van der Waals surface area contributed by atoms with Crippen LogP contribution in [0.2, 0.25) is 0 Å². The zero-order chi connectivity index (χ0) is 14.2. The molecule has 0 aliphatic heterocycles. The summed E-state index contributed by atoms with van der Waals surface area (Å²) in [5.74, 6) is 0. The number of fused-ring (bicyclic) bond motifs is 1. The Kier molecular flexibility index (Phi) is 3.38. The highest BCUT2D eigenvalue weighted by Crippen LogP contribution is 2.40. The highest BCUT2D eigenvalue weighted by molar-refractivity contribution is 5.41. The van der Waals surface area contributed by atoms with E-state index in [1.807, 2.05) is 0 Å². The van der Waals surface area contributed by atoms with Gasteiger partial charge in [0.05, 0.1) is 5.69 Å². The molecule has 0 fully saturated rings. The monoisotopic (exact) mass is 269 g/mol. The maximum atomic E-state index is 6.20. The molecule has 1 unspecified atom stereocenters. The van der Waals surface area contributed by atoms with Crippen LogP contribution in [0.3, 0.4) is 0 Å². The van der Waals surface area contributed by atoms with Gasteiger partial charge in [-0.2, -0.15) is 5.10 Å². The second-order valence-corrected chi connectivity index (χ2v) is 5.91. The van der Waals surface area contributed by atoms with E-state index in [1.54, 1.807) is 0 Å². The van der Waals surface area contributed by atoms with Crippen molar-refractivity contribution in [2.75, 3.05) is 6.54 Å². The maximum absolute atomic E-state index is 6.20. The highest BCUT2D eigenvalue weighted by Gasteiger charge is 2.38. The molecule has 0 saturated heterocycles. The van der Waals surface area contributed by atoms with Crippen LogP contribution in [0.1, 0.15) is 35.9 Å². The lowest BCUT2D eigenvalue weighted by atomic mass is 9.78. The fourth-order valence-corrected chi connectivity index (χ4v) is 3.59. The van der Waals surface area contributed by atoms with Crippen LogP contribution in [0.25, 0.3) is 0 Å². The van der Waals surface area contributed by atoms with E-state index in [0.29, 0.717) is 6.54 Å². The minimum absolute atomic E-state index is 0.0932. The van der Waals surface area contributed by atoms with E-state index in [-0.39, 0.29) is 5.41 Å². The molecule has 3 heteroatoms. The Morgan fingerprint density at radius 3 is 2.90 bits per heavy atom. The molecule has 0 radical (unpaired) electrons. The van der Waals surface area contributed by atoms with Crippen molar-refractivity contribution in [1.29, 1.82) is 0 Å². The standard InChI is InChI=1S/C17H23N3/c1-3-20-15(10-13(2)19-20)11-17(12-18)9-8-14-6-4-5-7-16(14)17/h4-7,10H,3,8-9,11-12,18H2,1-2H3. The Bertz CT molecular complexity index is 614. The normalized spacial score (nSPS) is 21.1. The van der Waals surface area contributed by atoms with Crippen molar-refractivity contribution in [3.8, 4) is 0 Å². The number of nitrogens with two attached hydrogens (primary N) is 1. The number of aryl methyl sites for hydroxylation is 3.